The van der Waals surface area contributed by atoms with Crippen molar-refractivity contribution in [3.63, 3.8) is 0 Å². The van der Waals surface area contributed by atoms with Crippen molar-refractivity contribution in [1.82, 2.24) is 0 Å². The normalized spacial score (nSPS) is 11.2. The van der Waals surface area contributed by atoms with Gasteiger partial charge in [-0.05, 0) is 29.3 Å². The van der Waals surface area contributed by atoms with Gasteiger partial charge >= 0.3 is 0 Å². The maximum absolute atomic E-state index is 12.0. The monoisotopic (exact) mass is 343 g/mol. The van der Waals surface area contributed by atoms with Crippen molar-refractivity contribution in [3.05, 3.63) is 27.0 Å². The number of halogens is 1. The Bertz CT molecular complexity index is 619. The zero-order valence-electron chi connectivity index (χ0n) is 11.6. The largest absolute Gasteiger partial charge is 0.456 e. The Kier molecular flexibility index (Phi) is 5.25. The molecule has 2 aromatic heterocycles. The van der Waals surface area contributed by atoms with Gasteiger partial charge in [-0.15, -0.1) is 0 Å². The number of ether oxygens (including phenoxy) is 1. The van der Waals surface area contributed by atoms with Gasteiger partial charge in [0.05, 0.1) is 17.1 Å². The first kappa shape index (κ1) is 15.1. The molecule has 0 amide bonds. The van der Waals surface area contributed by atoms with Gasteiger partial charge in [0.1, 0.15) is 6.26 Å². The van der Waals surface area contributed by atoms with Crippen LogP contribution in [0, 0.1) is 0 Å². The maximum Gasteiger partial charge on any atom is 0.230 e. The van der Waals surface area contributed by atoms with Gasteiger partial charge in [-0.3, -0.25) is 4.79 Å². The number of hydrogen-bond donors (Lipinski definition) is 0. The number of anilines is 1. The molecule has 110 valence electrons. The van der Waals surface area contributed by atoms with Crippen molar-refractivity contribution in [2.24, 2.45) is 0 Å². The van der Waals surface area contributed by atoms with Crippen LogP contribution in [0.5, 0.6) is 0 Å². The number of likely N-dealkylation sites (N-methyl/N-ethyl adjacent to an activating group) is 1. The van der Waals surface area contributed by atoms with E-state index in [-0.39, 0.29) is 11.0 Å². The zero-order chi connectivity index (χ0) is 14.5. The third-order valence-electron chi connectivity index (χ3n) is 2.94. The maximum atomic E-state index is 12.0. The summed E-state index contributed by atoms with van der Waals surface area (Å²) in [6.07, 6.45) is 2.45. The quantitative estimate of drug-likeness (QED) is 0.721. The summed E-state index contributed by atoms with van der Waals surface area (Å²) in [4.78, 5) is 13.9. The lowest BCUT2D eigenvalue weighted by molar-refractivity contribution is 0.140. The first-order valence-corrected chi connectivity index (χ1v) is 7.50. The third-order valence-corrected chi connectivity index (χ3v) is 3.48. The Morgan fingerprint density at radius 1 is 1.30 bits per heavy atom. The second kappa shape index (κ2) is 6.95. The molecular formula is C14H18BrNO4. The molecular weight excluding hydrogens is 326 g/mol. The lowest BCUT2D eigenvalue weighted by atomic mass is 10.4. The van der Waals surface area contributed by atoms with E-state index >= 15 is 0 Å². The lowest BCUT2D eigenvalue weighted by Crippen LogP contribution is -2.28. The highest BCUT2D eigenvalue weighted by molar-refractivity contribution is 9.10. The van der Waals surface area contributed by atoms with Crippen LogP contribution < -0.4 is 10.3 Å². The van der Waals surface area contributed by atoms with E-state index in [1.54, 1.807) is 0 Å². The first-order chi connectivity index (χ1) is 9.67. The highest BCUT2D eigenvalue weighted by Crippen LogP contribution is 2.27. The molecule has 2 heterocycles. The van der Waals surface area contributed by atoms with E-state index in [2.05, 4.69) is 22.9 Å². The summed E-state index contributed by atoms with van der Waals surface area (Å²) in [7, 11) is 0. The minimum atomic E-state index is -0.181. The minimum absolute atomic E-state index is 0.181. The van der Waals surface area contributed by atoms with E-state index < -0.39 is 0 Å². The SMILES string of the molecule is CCCOCCN(CC)c1cc(=O)c2occ(Br)c2o1. The summed E-state index contributed by atoms with van der Waals surface area (Å²) in [5.41, 5.74) is 0.499. The molecule has 0 bridgehead atoms. The Morgan fingerprint density at radius 2 is 2.10 bits per heavy atom. The molecule has 0 aliphatic rings. The molecule has 20 heavy (non-hydrogen) atoms. The van der Waals surface area contributed by atoms with E-state index in [0.717, 1.165) is 19.6 Å². The van der Waals surface area contributed by atoms with Crippen molar-refractivity contribution >= 4 is 33.0 Å². The fraction of sp³-hybridized carbons (Fsp3) is 0.500. The summed E-state index contributed by atoms with van der Waals surface area (Å²) in [6.45, 7) is 6.85. The van der Waals surface area contributed by atoms with E-state index in [0.29, 0.717) is 29.1 Å². The van der Waals surface area contributed by atoms with Crippen LogP contribution in [-0.4, -0.2) is 26.3 Å². The standard InChI is InChI=1S/C14H18BrNO4/c1-3-6-18-7-5-16(4-2)12-8-11(17)14-13(20-12)10(15)9-19-14/h8-9H,3-7H2,1-2H3. The third kappa shape index (κ3) is 3.24. The van der Waals surface area contributed by atoms with Crippen molar-refractivity contribution in [1.29, 1.82) is 0 Å². The average Bonchev–Trinajstić information content (AvgIpc) is 2.81. The Balaban J connectivity index is 2.21. The minimum Gasteiger partial charge on any atom is -0.456 e. The van der Waals surface area contributed by atoms with Crippen molar-refractivity contribution in [2.75, 3.05) is 31.2 Å². The smallest absolute Gasteiger partial charge is 0.230 e. The summed E-state index contributed by atoms with van der Waals surface area (Å²) in [5, 5.41) is 0. The number of fused-ring (bicyclic) bond motifs is 1. The second-order valence-electron chi connectivity index (χ2n) is 4.38. The molecule has 0 saturated heterocycles. The van der Waals surface area contributed by atoms with Crippen molar-refractivity contribution < 1.29 is 13.6 Å². The molecule has 0 aromatic carbocycles. The molecule has 0 atom stereocenters. The second-order valence-corrected chi connectivity index (χ2v) is 5.24. The molecule has 2 rings (SSSR count). The average molecular weight is 344 g/mol. The van der Waals surface area contributed by atoms with Crippen LogP contribution in [0.1, 0.15) is 20.3 Å². The molecule has 0 spiro atoms. The van der Waals surface area contributed by atoms with Crippen LogP contribution in [0.25, 0.3) is 11.2 Å². The van der Waals surface area contributed by atoms with Crippen LogP contribution >= 0.6 is 15.9 Å². The molecule has 0 aliphatic carbocycles. The first-order valence-electron chi connectivity index (χ1n) is 6.70. The molecule has 2 aromatic rings. The molecule has 0 aliphatic heterocycles. The summed E-state index contributed by atoms with van der Waals surface area (Å²) in [6, 6.07) is 1.46. The van der Waals surface area contributed by atoms with Gasteiger partial charge in [0, 0.05) is 19.7 Å². The van der Waals surface area contributed by atoms with Gasteiger partial charge in [0.15, 0.2) is 11.5 Å². The van der Waals surface area contributed by atoms with E-state index in [4.69, 9.17) is 13.6 Å². The molecule has 5 nitrogen and oxygen atoms in total. The number of nitrogens with zero attached hydrogens (tertiary/aromatic N) is 1. The molecule has 0 saturated carbocycles. The fourth-order valence-corrected chi connectivity index (χ4v) is 2.26. The lowest BCUT2D eigenvalue weighted by Gasteiger charge is -2.20. The van der Waals surface area contributed by atoms with Crippen LogP contribution in [-0.2, 0) is 4.74 Å². The van der Waals surface area contributed by atoms with Crippen LogP contribution in [0.4, 0.5) is 5.88 Å². The number of rotatable bonds is 7. The topological polar surface area (TPSA) is 55.8 Å². The van der Waals surface area contributed by atoms with Crippen molar-refractivity contribution in [2.45, 2.75) is 20.3 Å². The van der Waals surface area contributed by atoms with Gasteiger partial charge < -0.3 is 18.5 Å². The summed E-state index contributed by atoms with van der Waals surface area (Å²) >= 11 is 3.31. The van der Waals surface area contributed by atoms with Crippen molar-refractivity contribution in [3.8, 4) is 0 Å². The van der Waals surface area contributed by atoms with Gasteiger partial charge in [-0.25, -0.2) is 0 Å². The Morgan fingerprint density at radius 3 is 2.80 bits per heavy atom. The summed E-state index contributed by atoms with van der Waals surface area (Å²) < 4.78 is 17.0. The van der Waals surface area contributed by atoms with Crippen LogP contribution in [0.3, 0.4) is 0 Å². The van der Waals surface area contributed by atoms with Crippen LogP contribution in [0.2, 0.25) is 0 Å². The zero-order valence-corrected chi connectivity index (χ0v) is 13.2. The highest BCUT2D eigenvalue weighted by Gasteiger charge is 2.15. The molecule has 0 radical (unpaired) electrons. The Labute approximate surface area is 125 Å². The number of furan rings is 1. The predicted octanol–water partition coefficient (Wildman–Crippen LogP) is 3.40. The molecule has 0 N–H and O–H groups in total. The van der Waals surface area contributed by atoms with E-state index in [1.165, 1.54) is 12.3 Å². The molecule has 0 unspecified atom stereocenters. The van der Waals surface area contributed by atoms with E-state index in [1.807, 2.05) is 11.8 Å². The summed E-state index contributed by atoms with van der Waals surface area (Å²) in [5.74, 6) is 0.534. The fourth-order valence-electron chi connectivity index (χ4n) is 1.90. The van der Waals surface area contributed by atoms with Gasteiger partial charge in [0.2, 0.25) is 11.0 Å². The van der Waals surface area contributed by atoms with E-state index in [9.17, 15) is 4.79 Å². The molecule has 0 fully saturated rings. The van der Waals surface area contributed by atoms with Gasteiger partial charge in [-0.2, -0.15) is 0 Å². The van der Waals surface area contributed by atoms with Gasteiger partial charge in [-0.1, -0.05) is 6.92 Å². The van der Waals surface area contributed by atoms with Gasteiger partial charge in [0.25, 0.3) is 0 Å². The molecule has 6 heteroatoms. The highest BCUT2D eigenvalue weighted by atomic mass is 79.9. The number of hydrogen-bond acceptors (Lipinski definition) is 5. The Hall–Kier alpha value is -1.27. The predicted molar refractivity (Wildman–Crippen MR) is 81.4 cm³/mol. The van der Waals surface area contributed by atoms with Crippen LogP contribution in [0.15, 0.2) is 30.4 Å².